The fourth-order valence-electron chi connectivity index (χ4n) is 2.38. The van der Waals surface area contributed by atoms with Crippen LogP contribution in [-0.2, 0) is 21.1 Å². The molecule has 0 N–H and O–H groups in total. The number of aryl methyl sites for hydroxylation is 3. The monoisotopic (exact) mass is 285 g/mol. The summed E-state index contributed by atoms with van der Waals surface area (Å²) in [6, 6.07) is 3.78. The third-order valence-electron chi connectivity index (χ3n) is 3.65. The molecule has 0 fully saturated rings. The molecule has 3 heterocycles. The molecule has 0 radical (unpaired) electrons. The Hall–Kier alpha value is -2.70. The van der Waals surface area contributed by atoms with Gasteiger partial charge in [0.2, 0.25) is 0 Å². The number of fused-ring (bicyclic) bond motifs is 1. The third-order valence-corrected chi connectivity index (χ3v) is 3.65. The lowest BCUT2D eigenvalue weighted by atomic mass is 10.2. The van der Waals surface area contributed by atoms with E-state index >= 15 is 0 Å². The van der Waals surface area contributed by atoms with E-state index in [1.54, 1.807) is 24.9 Å². The van der Waals surface area contributed by atoms with Crippen molar-refractivity contribution in [1.29, 1.82) is 0 Å². The fraction of sp³-hybridized carbons (Fsp3) is 0.286. The first-order valence-corrected chi connectivity index (χ1v) is 6.47. The fourth-order valence-corrected chi connectivity index (χ4v) is 2.38. The third kappa shape index (κ3) is 1.81. The van der Waals surface area contributed by atoms with Crippen LogP contribution in [0.1, 0.15) is 5.69 Å². The lowest BCUT2D eigenvalue weighted by Crippen LogP contribution is -2.37. The Morgan fingerprint density at radius 3 is 2.33 bits per heavy atom. The Labute approximate surface area is 120 Å². The van der Waals surface area contributed by atoms with Crippen LogP contribution in [0.2, 0.25) is 0 Å². The van der Waals surface area contributed by atoms with E-state index in [9.17, 15) is 9.59 Å². The summed E-state index contributed by atoms with van der Waals surface area (Å²) in [4.78, 5) is 33.0. The van der Waals surface area contributed by atoms with Gasteiger partial charge in [0.25, 0.3) is 5.56 Å². The zero-order chi connectivity index (χ0) is 15.3. The zero-order valence-electron chi connectivity index (χ0n) is 12.3. The Morgan fingerprint density at radius 2 is 1.71 bits per heavy atom. The van der Waals surface area contributed by atoms with Crippen molar-refractivity contribution >= 4 is 11.2 Å². The van der Waals surface area contributed by atoms with Gasteiger partial charge in [-0.05, 0) is 19.1 Å². The quantitative estimate of drug-likeness (QED) is 0.646. The summed E-state index contributed by atoms with van der Waals surface area (Å²) in [5.41, 5.74) is 1.74. The highest BCUT2D eigenvalue weighted by Gasteiger charge is 2.17. The summed E-state index contributed by atoms with van der Waals surface area (Å²) in [6.07, 6.45) is 1.71. The molecule has 7 nitrogen and oxygen atoms in total. The van der Waals surface area contributed by atoms with Gasteiger partial charge in [-0.3, -0.25) is 18.9 Å². The number of nitrogens with zero attached hydrogens (tertiary/aromatic N) is 5. The van der Waals surface area contributed by atoms with Gasteiger partial charge >= 0.3 is 5.69 Å². The first-order chi connectivity index (χ1) is 9.91. The van der Waals surface area contributed by atoms with Crippen LogP contribution in [-0.4, -0.2) is 23.7 Å². The predicted molar refractivity (Wildman–Crippen MR) is 79.2 cm³/mol. The number of hydrogen-bond donors (Lipinski definition) is 0. The van der Waals surface area contributed by atoms with Crippen LogP contribution in [0, 0.1) is 6.92 Å². The molecule has 21 heavy (non-hydrogen) atoms. The summed E-state index contributed by atoms with van der Waals surface area (Å²) in [5.74, 6) is 0.607. The Bertz CT molecular complexity index is 960. The molecule has 3 rings (SSSR count). The van der Waals surface area contributed by atoms with Crippen molar-refractivity contribution in [3.63, 3.8) is 0 Å². The minimum atomic E-state index is -0.390. The van der Waals surface area contributed by atoms with Gasteiger partial charge in [-0.15, -0.1) is 0 Å². The van der Waals surface area contributed by atoms with E-state index in [1.807, 2.05) is 19.1 Å². The van der Waals surface area contributed by atoms with Gasteiger partial charge in [0.05, 0.1) is 0 Å². The van der Waals surface area contributed by atoms with Gasteiger partial charge in [-0.25, -0.2) is 9.78 Å². The van der Waals surface area contributed by atoms with E-state index in [0.717, 1.165) is 15.8 Å². The molecule has 0 saturated carbocycles. The van der Waals surface area contributed by atoms with Crippen LogP contribution in [0.5, 0.6) is 0 Å². The van der Waals surface area contributed by atoms with Crippen molar-refractivity contribution in [3.05, 3.63) is 44.9 Å². The first-order valence-electron chi connectivity index (χ1n) is 6.47. The smallest absolute Gasteiger partial charge is 0.321 e. The first kappa shape index (κ1) is 13.3. The molecule has 0 atom stereocenters. The van der Waals surface area contributed by atoms with Crippen LogP contribution in [0.25, 0.3) is 22.6 Å². The van der Waals surface area contributed by atoms with Crippen LogP contribution in [0.4, 0.5) is 0 Å². The summed E-state index contributed by atoms with van der Waals surface area (Å²) < 4.78 is 4.16. The van der Waals surface area contributed by atoms with Crippen LogP contribution < -0.4 is 11.2 Å². The standard InChI is InChI=1S/C14H15N5O2/c1-8-5-6-9(7-15-8)11-16-12-10(17(11)2)13(20)19(4)14(21)18(12)3/h5-7H,1-4H3. The minimum Gasteiger partial charge on any atom is -0.321 e. The maximum atomic E-state index is 12.3. The van der Waals surface area contributed by atoms with E-state index in [0.29, 0.717) is 17.0 Å². The number of hydrogen-bond acceptors (Lipinski definition) is 4. The molecule has 3 aromatic rings. The van der Waals surface area contributed by atoms with Gasteiger partial charge in [0, 0.05) is 38.6 Å². The van der Waals surface area contributed by atoms with E-state index in [4.69, 9.17) is 0 Å². The van der Waals surface area contributed by atoms with Crippen LogP contribution in [0.15, 0.2) is 27.9 Å². The molecule has 0 unspecified atom stereocenters. The molecule has 0 aliphatic heterocycles. The molecular weight excluding hydrogens is 270 g/mol. The average Bonchev–Trinajstić information content (AvgIpc) is 2.81. The number of rotatable bonds is 1. The van der Waals surface area contributed by atoms with Gasteiger partial charge in [0.15, 0.2) is 11.2 Å². The van der Waals surface area contributed by atoms with Crippen molar-refractivity contribution in [1.82, 2.24) is 23.7 Å². The second-order valence-electron chi connectivity index (χ2n) is 5.06. The second kappa shape index (κ2) is 4.41. The Balaban J connectivity index is 2.43. The van der Waals surface area contributed by atoms with E-state index in [-0.39, 0.29) is 11.2 Å². The topological polar surface area (TPSA) is 74.7 Å². The van der Waals surface area contributed by atoms with Gasteiger partial charge in [-0.2, -0.15) is 0 Å². The highest BCUT2D eigenvalue weighted by molar-refractivity contribution is 5.76. The molecule has 3 aromatic heterocycles. The van der Waals surface area contributed by atoms with Crippen molar-refractivity contribution in [3.8, 4) is 11.4 Å². The lowest BCUT2D eigenvalue weighted by molar-refractivity contribution is 0.705. The van der Waals surface area contributed by atoms with Crippen molar-refractivity contribution in [2.24, 2.45) is 21.1 Å². The number of pyridine rings is 1. The molecular formula is C14H15N5O2. The lowest BCUT2D eigenvalue weighted by Gasteiger charge is -2.03. The normalized spacial score (nSPS) is 11.2. The largest absolute Gasteiger partial charge is 0.332 e. The summed E-state index contributed by atoms with van der Waals surface area (Å²) in [5, 5.41) is 0. The Morgan fingerprint density at radius 1 is 1.00 bits per heavy atom. The molecule has 7 heteroatoms. The zero-order valence-corrected chi connectivity index (χ0v) is 12.3. The number of aromatic nitrogens is 5. The molecule has 0 aliphatic rings. The SMILES string of the molecule is Cc1ccc(-c2nc3c(c(=O)n(C)c(=O)n3C)n2C)cn1. The number of imidazole rings is 1. The molecule has 0 spiro atoms. The highest BCUT2D eigenvalue weighted by atomic mass is 16.2. The Kier molecular flexibility index (Phi) is 2.79. The van der Waals surface area contributed by atoms with Crippen molar-refractivity contribution in [2.75, 3.05) is 0 Å². The predicted octanol–water partition coefficient (Wildman–Crippen LogP) is 0.341. The van der Waals surface area contributed by atoms with E-state index < -0.39 is 0 Å². The van der Waals surface area contributed by atoms with Gasteiger partial charge in [0.1, 0.15) is 5.82 Å². The maximum absolute atomic E-state index is 12.3. The average molecular weight is 285 g/mol. The van der Waals surface area contributed by atoms with Crippen molar-refractivity contribution < 1.29 is 0 Å². The molecule has 0 bridgehead atoms. The molecule has 0 aliphatic carbocycles. The summed E-state index contributed by atoms with van der Waals surface area (Å²) >= 11 is 0. The summed E-state index contributed by atoms with van der Waals surface area (Å²) in [6.45, 7) is 1.90. The molecule has 0 aromatic carbocycles. The van der Waals surface area contributed by atoms with Crippen LogP contribution in [0.3, 0.4) is 0 Å². The highest BCUT2D eigenvalue weighted by Crippen LogP contribution is 2.20. The van der Waals surface area contributed by atoms with Crippen LogP contribution >= 0.6 is 0 Å². The molecule has 0 saturated heterocycles. The second-order valence-corrected chi connectivity index (χ2v) is 5.06. The van der Waals surface area contributed by atoms with Gasteiger partial charge < -0.3 is 4.57 Å². The van der Waals surface area contributed by atoms with E-state index in [1.165, 1.54) is 11.6 Å². The van der Waals surface area contributed by atoms with Crippen molar-refractivity contribution in [2.45, 2.75) is 6.92 Å². The molecule has 0 amide bonds. The minimum absolute atomic E-state index is 0.352. The van der Waals surface area contributed by atoms with E-state index in [2.05, 4.69) is 9.97 Å². The summed E-state index contributed by atoms with van der Waals surface area (Å²) in [7, 11) is 4.83. The van der Waals surface area contributed by atoms with Gasteiger partial charge in [-0.1, -0.05) is 0 Å². The maximum Gasteiger partial charge on any atom is 0.332 e. The molecule has 108 valence electrons.